The Morgan fingerprint density at radius 1 is 1.08 bits per heavy atom. The minimum atomic E-state index is -2.96. The molecule has 0 unspecified atom stereocenters. The second-order valence-corrected chi connectivity index (χ2v) is 6.28. The van der Waals surface area contributed by atoms with Crippen molar-refractivity contribution in [2.45, 2.75) is 48.7 Å². The van der Waals surface area contributed by atoms with Crippen molar-refractivity contribution in [2.75, 3.05) is 0 Å². The van der Waals surface area contributed by atoms with Crippen LogP contribution in [0.4, 0.5) is 0 Å². The maximum absolute atomic E-state index is 11.6. The Balaban J connectivity index is 2.34. The normalized spacial score (nSPS) is 45.6. The molecule has 3 nitrogen and oxygen atoms in total. The summed E-state index contributed by atoms with van der Waals surface area (Å²) in [5.74, 6) is 0. The van der Waals surface area contributed by atoms with Crippen LogP contribution in [-0.2, 0) is 9.84 Å². The van der Waals surface area contributed by atoms with Crippen LogP contribution in [0.3, 0.4) is 0 Å². The van der Waals surface area contributed by atoms with E-state index in [0.717, 1.165) is 12.8 Å². The number of sulfone groups is 1. The van der Waals surface area contributed by atoms with Crippen molar-refractivity contribution in [1.29, 1.82) is 0 Å². The van der Waals surface area contributed by atoms with E-state index in [0.29, 0.717) is 19.3 Å². The van der Waals surface area contributed by atoms with Crippen molar-refractivity contribution >= 4 is 9.84 Å². The topological polar surface area (TPSA) is 54.4 Å². The minimum Gasteiger partial charge on any atom is -0.392 e. The van der Waals surface area contributed by atoms with E-state index in [1.54, 1.807) is 0 Å². The highest BCUT2D eigenvalue weighted by Gasteiger charge is 2.45. The van der Waals surface area contributed by atoms with E-state index in [1.807, 2.05) is 0 Å². The van der Waals surface area contributed by atoms with Gasteiger partial charge in [0.05, 0.1) is 16.6 Å². The molecule has 2 heterocycles. The third-order valence-corrected chi connectivity index (χ3v) is 5.91. The lowest BCUT2D eigenvalue weighted by Gasteiger charge is -2.37. The first-order valence-corrected chi connectivity index (χ1v) is 6.14. The van der Waals surface area contributed by atoms with Gasteiger partial charge in [-0.15, -0.1) is 0 Å². The van der Waals surface area contributed by atoms with Gasteiger partial charge in [-0.1, -0.05) is 6.42 Å². The smallest absolute Gasteiger partial charge is 0.158 e. The molecule has 0 aromatic carbocycles. The van der Waals surface area contributed by atoms with Gasteiger partial charge < -0.3 is 5.11 Å². The van der Waals surface area contributed by atoms with Crippen LogP contribution in [0.2, 0.25) is 0 Å². The summed E-state index contributed by atoms with van der Waals surface area (Å²) in [5, 5.41) is 8.90. The Labute approximate surface area is 72.7 Å². The highest BCUT2D eigenvalue weighted by atomic mass is 32.2. The molecule has 12 heavy (non-hydrogen) atoms. The molecule has 2 aliphatic rings. The van der Waals surface area contributed by atoms with Gasteiger partial charge in [-0.25, -0.2) is 8.42 Å². The number of rotatable bonds is 0. The Kier molecular flexibility index (Phi) is 1.92. The largest absolute Gasteiger partial charge is 0.392 e. The Hall–Kier alpha value is -0.0900. The molecule has 0 radical (unpaired) electrons. The Morgan fingerprint density at radius 2 is 1.83 bits per heavy atom. The predicted molar refractivity (Wildman–Crippen MR) is 45.6 cm³/mol. The molecule has 2 saturated heterocycles. The number of hydrogen-bond donors (Lipinski definition) is 1. The molecular weight excluding hydrogens is 176 g/mol. The number of aliphatic hydroxyl groups is 1. The van der Waals surface area contributed by atoms with Crippen LogP contribution in [0.1, 0.15) is 32.1 Å². The second kappa shape index (κ2) is 2.70. The molecule has 0 aromatic rings. The highest BCUT2D eigenvalue weighted by Crippen LogP contribution is 2.36. The van der Waals surface area contributed by atoms with E-state index in [1.165, 1.54) is 0 Å². The minimum absolute atomic E-state index is 0.139. The summed E-state index contributed by atoms with van der Waals surface area (Å²) in [6.07, 6.45) is 3.19. The summed E-state index contributed by atoms with van der Waals surface area (Å²) in [7, 11) is -2.96. The fraction of sp³-hybridized carbons (Fsp3) is 1.00. The second-order valence-electron chi connectivity index (χ2n) is 3.83. The van der Waals surface area contributed by atoms with Crippen molar-refractivity contribution in [3.8, 4) is 0 Å². The standard InChI is InChI=1S/C8H14O3S/c9-7-5-4-6-2-1-3-8(7)12(6,10)11/h6-9H,1-5H2/t6-,7-,8+/m1/s1. The maximum Gasteiger partial charge on any atom is 0.158 e. The molecule has 4 heteroatoms. The molecule has 2 bridgehead atoms. The summed E-state index contributed by atoms with van der Waals surface area (Å²) < 4.78 is 23.3. The molecule has 0 spiro atoms. The summed E-state index contributed by atoms with van der Waals surface area (Å²) in [4.78, 5) is 0. The monoisotopic (exact) mass is 190 g/mol. The summed E-state index contributed by atoms with van der Waals surface area (Å²) >= 11 is 0. The van der Waals surface area contributed by atoms with Crippen LogP contribution in [0.5, 0.6) is 0 Å². The third-order valence-electron chi connectivity index (χ3n) is 3.11. The lowest BCUT2D eigenvalue weighted by Crippen LogP contribution is -2.47. The van der Waals surface area contributed by atoms with Gasteiger partial charge in [-0.05, 0) is 25.7 Å². The quantitative estimate of drug-likeness (QED) is 0.604. The summed E-state index contributed by atoms with van der Waals surface area (Å²) in [6, 6.07) is 0. The van der Waals surface area contributed by atoms with Crippen LogP contribution >= 0.6 is 0 Å². The molecular formula is C8H14O3S. The molecule has 0 amide bonds. The van der Waals surface area contributed by atoms with Crippen LogP contribution in [-0.4, -0.2) is 30.1 Å². The molecule has 2 fully saturated rings. The molecule has 1 N–H and O–H groups in total. The first-order valence-electron chi connectivity index (χ1n) is 4.53. The van der Waals surface area contributed by atoms with E-state index in [2.05, 4.69) is 0 Å². The van der Waals surface area contributed by atoms with Crippen molar-refractivity contribution in [1.82, 2.24) is 0 Å². The van der Waals surface area contributed by atoms with Crippen LogP contribution in [0.15, 0.2) is 0 Å². The molecule has 2 aliphatic heterocycles. The van der Waals surface area contributed by atoms with Gasteiger partial charge in [0, 0.05) is 0 Å². The zero-order chi connectivity index (χ0) is 8.77. The van der Waals surface area contributed by atoms with Crippen molar-refractivity contribution in [3.05, 3.63) is 0 Å². The SMILES string of the molecule is O=S1(=O)[C@@H]2CCC[C@H]1[C@H](O)CC2. The van der Waals surface area contributed by atoms with Gasteiger partial charge in [0.15, 0.2) is 9.84 Å². The molecule has 0 saturated carbocycles. The average Bonchev–Trinajstić information content (AvgIpc) is 1.95. The highest BCUT2D eigenvalue weighted by molar-refractivity contribution is 7.92. The van der Waals surface area contributed by atoms with Gasteiger partial charge in [0.1, 0.15) is 0 Å². The zero-order valence-corrected chi connectivity index (χ0v) is 7.76. The Bertz CT molecular complexity index is 270. The van der Waals surface area contributed by atoms with E-state index < -0.39 is 21.2 Å². The first-order chi connectivity index (χ1) is 5.62. The number of aliphatic hydroxyl groups excluding tert-OH is 1. The summed E-state index contributed by atoms with van der Waals surface area (Å²) in [6.45, 7) is 0. The van der Waals surface area contributed by atoms with Gasteiger partial charge >= 0.3 is 0 Å². The molecule has 0 aromatic heterocycles. The van der Waals surface area contributed by atoms with Crippen molar-refractivity contribution in [2.24, 2.45) is 0 Å². The number of hydrogen-bond acceptors (Lipinski definition) is 3. The van der Waals surface area contributed by atoms with E-state index in [4.69, 9.17) is 0 Å². The predicted octanol–water partition coefficient (Wildman–Crippen LogP) is 0.477. The van der Waals surface area contributed by atoms with E-state index in [-0.39, 0.29) is 5.25 Å². The van der Waals surface area contributed by atoms with E-state index in [9.17, 15) is 13.5 Å². The van der Waals surface area contributed by atoms with Crippen molar-refractivity contribution in [3.63, 3.8) is 0 Å². The summed E-state index contributed by atoms with van der Waals surface area (Å²) in [5.41, 5.74) is 0. The average molecular weight is 190 g/mol. The van der Waals surface area contributed by atoms with Gasteiger partial charge in [0.2, 0.25) is 0 Å². The zero-order valence-electron chi connectivity index (χ0n) is 6.94. The van der Waals surface area contributed by atoms with Crippen molar-refractivity contribution < 1.29 is 13.5 Å². The van der Waals surface area contributed by atoms with Gasteiger partial charge in [-0.2, -0.15) is 0 Å². The van der Waals surface area contributed by atoms with Crippen LogP contribution in [0.25, 0.3) is 0 Å². The van der Waals surface area contributed by atoms with Crippen LogP contribution < -0.4 is 0 Å². The fourth-order valence-electron chi connectivity index (χ4n) is 2.38. The third kappa shape index (κ3) is 1.09. The molecule has 3 atom stereocenters. The first kappa shape index (κ1) is 8.51. The van der Waals surface area contributed by atoms with E-state index >= 15 is 0 Å². The van der Waals surface area contributed by atoms with Crippen LogP contribution in [0, 0.1) is 0 Å². The lowest BCUT2D eigenvalue weighted by molar-refractivity contribution is 0.134. The molecule has 0 aliphatic carbocycles. The lowest BCUT2D eigenvalue weighted by atomic mass is 9.97. The number of fused-ring (bicyclic) bond motifs is 2. The van der Waals surface area contributed by atoms with Gasteiger partial charge in [-0.3, -0.25) is 0 Å². The van der Waals surface area contributed by atoms with Gasteiger partial charge in [0.25, 0.3) is 0 Å². The fourth-order valence-corrected chi connectivity index (χ4v) is 4.91. The Morgan fingerprint density at radius 3 is 2.50 bits per heavy atom. The maximum atomic E-state index is 11.6. The molecule has 70 valence electrons. The molecule has 2 rings (SSSR count).